The molecule has 1 aromatic carbocycles. The van der Waals surface area contributed by atoms with Gasteiger partial charge in [-0.15, -0.1) is 11.3 Å². The van der Waals surface area contributed by atoms with Crippen LogP contribution in [-0.4, -0.2) is 18.7 Å². The molecule has 2 rings (SSSR count). The molecular formula is C16H22N2O2S. The quantitative estimate of drug-likeness (QED) is 0.806. The van der Waals surface area contributed by atoms with Crippen molar-refractivity contribution in [3.05, 3.63) is 40.3 Å². The van der Waals surface area contributed by atoms with Crippen LogP contribution in [0.5, 0.6) is 11.5 Å². The van der Waals surface area contributed by atoms with Crippen molar-refractivity contribution >= 4 is 11.3 Å². The minimum Gasteiger partial charge on any atom is -0.493 e. The molecule has 0 fully saturated rings. The van der Waals surface area contributed by atoms with Crippen LogP contribution in [0.1, 0.15) is 36.9 Å². The van der Waals surface area contributed by atoms with Gasteiger partial charge in [-0.25, -0.2) is 4.98 Å². The van der Waals surface area contributed by atoms with E-state index < -0.39 is 0 Å². The molecule has 0 saturated heterocycles. The van der Waals surface area contributed by atoms with Gasteiger partial charge in [0.1, 0.15) is 5.01 Å². The number of hydrogen-bond acceptors (Lipinski definition) is 5. The Labute approximate surface area is 130 Å². The van der Waals surface area contributed by atoms with E-state index in [4.69, 9.17) is 9.47 Å². The largest absolute Gasteiger partial charge is 0.493 e. The fourth-order valence-electron chi connectivity index (χ4n) is 2.15. The molecule has 4 nitrogen and oxygen atoms in total. The molecule has 0 bridgehead atoms. The highest BCUT2D eigenvalue weighted by molar-refractivity contribution is 7.09. The molecule has 1 atom stereocenters. The van der Waals surface area contributed by atoms with Crippen LogP contribution in [0.25, 0.3) is 0 Å². The zero-order valence-electron chi connectivity index (χ0n) is 12.8. The summed E-state index contributed by atoms with van der Waals surface area (Å²) in [6.45, 7) is 5.55. The number of methoxy groups -OCH3 is 1. The molecule has 0 aliphatic rings. The lowest BCUT2D eigenvalue weighted by atomic mass is 10.1. The first-order chi connectivity index (χ1) is 10.3. The fraction of sp³-hybridized carbons (Fsp3) is 0.438. The van der Waals surface area contributed by atoms with E-state index in [0.717, 1.165) is 29.5 Å². The summed E-state index contributed by atoms with van der Waals surface area (Å²) < 4.78 is 10.9. The van der Waals surface area contributed by atoms with Gasteiger partial charge in [0.05, 0.1) is 19.8 Å². The van der Waals surface area contributed by atoms with Crippen molar-refractivity contribution in [2.45, 2.75) is 32.9 Å². The number of hydrogen-bond donors (Lipinski definition) is 1. The Bertz CT molecular complexity index is 543. The SMILES string of the molecule is CCOc1cc(CNC(CC)c2nccs2)ccc1OC. The molecule has 0 amide bonds. The zero-order valence-corrected chi connectivity index (χ0v) is 13.6. The molecule has 5 heteroatoms. The predicted molar refractivity (Wildman–Crippen MR) is 86.1 cm³/mol. The summed E-state index contributed by atoms with van der Waals surface area (Å²) in [5.74, 6) is 1.56. The fourth-order valence-corrected chi connectivity index (χ4v) is 2.95. The molecule has 114 valence electrons. The van der Waals surface area contributed by atoms with Gasteiger partial charge < -0.3 is 14.8 Å². The van der Waals surface area contributed by atoms with Crippen LogP contribution < -0.4 is 14.8 Å². The molecular weight excluding hydrogens is 284 g/mol. The van der Waals surface area contributed by atoms with E-state index in [1.165, 1.54) is 5.56 Å². The average Bonchev–Trinajstić information content (AvgIpc) is 3.03. The third-order valence-corrected chi connectivity index (χ3v) is 4.13. The topological polar surface area (TPSA) is 43.4 Å². The first-order valence-electron chi connectivity index (χ1n) is 7.21. The predicted octanol–water partition coefficient (Wildman–Crippen LogP) is 3.79. The summed E-state index contributed by atoms with van der Waals surface area (Å²) >= 11 is 1.69. The van der Waals surface area contributed by atoms with E-state index in [9.17, 15) is 0 Å². The Morgan fingerprint density at radius 2 is 2.14 bits per heavy atom. The van der Waals surface area contributed by atoms with E-state index in [0.29, 0.717) is 12.6 Å². The summed E-state index contributed by atoms with van der Waals surface area (Å²) in [5.41, 5.74) is 1.18. The lowest BCUT2D eigenvalue weighted by Gasteiger charge is -2.16. The number of benzene rings is 1. The first-order valence-corrected chi connectivity index (χ1v) is 8.08. The normalized spacial score (nSPS) is 12.1. The van der Waals surface area contributed by atoms with Crippen molar-refractivity contribution in [1.82, 2.24) is 10.3 Å². The second kappa shape index (κ2) is 8.00. The molecule has 1 N–H and O–H groups in total. The molecule has 0 saturated carbocycles. The molecule has 21 heavy (non-hydrogen) atoms. The van der Waals surface area contributed by atoms with Gasteiger partial charge in [-0.2, -0.15) is 0 Å². The number of ether oxygens (including phenoxy) is 2. The van der Waals surface area contributed by atoms with Gasteiger partial charge in [0.15, 0.2) is 11.5 Å². The second-order valence-electron chi connectivity index (χ2n) is 4.63. The van der Waals surface area contributed by atoms with Crippen molar-refractivity contribution in [1.29, 1.82) is 0 Å². The zero-order chi connectivity index (χ0) is 15.1. The summed E-state index contributed by atoms with van der Waals surface area (Å²) in [6, 6.07) is 6.33. The van der Waals surface area contributed by atoms with Gasteiger partial charge in [-0.05, 0) is 31.0 Å². The highest BCUT2D eigenvalue weighted by Gasteiger charge is 2.12. The lowest BCUT2D eigenvalue weighted by Crippen LogP contribution is -2.20. The lowest BCUT2D eigenvalue weighted by molar-refractivity contribution is 0.310. The van der Waals surface area contributed by atoms with Crippen LogP contribution in [0.15, 0.2) is 29.8 Å². The van der Waals surface area contributed by atoms with Crippen molar-refractivity contribution < 1.29 is 9.47 Å². The Morgan fingerprint density at radius 3 is 2.76 bits per heavy atom. The Balaban J connectivity index is 2.03. The van der Waals surface area contributed by atoms with Gasteiger partial charge in [0.2, 0.25) is 0 Å². The third-order valence-electron chi connectivity index (χ3n) is 3.24. The Hall–Kier alpha value is -1.59. The summed E-state index contributed by atoms with van der Waals surface area (Å²) in [7, 11) is 1.66. The van der Waals surface area contributed by atoms with Crippen LogP contribution >= 0.6 is 11.3 Å². The molecule has 2 aromatic rings. The van der Waals surface area contributed by atoms with Crippen molar-refractivity contribution in [2.24, 2.45) is 0 Å². The van der Waals surface area contributed by atoms with Crippen LogP contribution in [0.3, 0.4) is 0 Å². The van der Waals surface area contributed by atoms with E-state index in [1.807, 2.05) is 30.6 Å². The van der Waals surface area contributed by atoms with Crippen molar-refractivity contribution in [3.63, 3.8) is 0 Å². The molecule has 1 heterocycles. The van der Waals surface area contributed by atoms with Gasteiger partial charge in [-0.3, -0.25) is 0 Å². The standard InChI is InChI=1S/C16H22N2O2S/c1-4-13(16-17-8-9-21-16)18-11-12-6-7-14(19-3)15(10-12)20-5-2/h6-10,13,18H,4-5,11H2,1-3H3. The number of nitrogens with zero attached hydrogens (tertiary/aromatic N) is 1. The van der Waals surface area contributed by atoms with Gasteiger partial charge >= 0.3 is 0 Å². The molecule has 0 spiro atoms. The van der Waals surface area contributed by atoms with Gasteiger partial charge in [0.25, 0.3) is 0 Å². The smallest absolute Gasteiger partial charge is 0.161 e. The number of rotatable bonds is 8. The molecule has 0 aliphatic carbocycles. The highest BCUT2D eigenvalue weighted by Crippen LogP contribution is 2.28. The number of nitrogens with one attached hydrogen (secondary N) is 1. The molecule has 0 radical (unpaired) electrons. The van der Waals surface area contributed by atoms with Gasteiger partial charge in [-0.1, -0.05) is 13.0 Å². The Morgan fingerprint density at radius 1 is 1.29 bits per heavy atom. The summed E-state index contributed by atoms with van der Waals surface area (Å²) in [5, 5.41) is 6.70. The summed E-state index contributed by atoms with van der Waals surface area (Å²) in [6.07, 6.45) is 2.87. The number of aromatic nitrogens is 1. The van der Waals surface area contributed by atoms with E-state index in [2.05, 4.69) is 23.3 Å². The minimum absolute atomic E-state index is 0.294. The monoisotopic (exact) mass is 306 g/mol. The summed E-state index contributed by atoms with van der Waals surface area (Å²) in [4.78, 5) is 4.39. The van der Waals surface area contributed by atoms with Crippen LogP contribution in [0, 0.1) is 0 Å². The van der Waals surface area contributed by atoms with Crippen molar-refractivity contribution in [2.75, 3.05) is 13.7 Å². The highest BCUT2D eigenvalue weighted by atomic mass is 32.1. The maximum Gasteiger partial charge on any atom is 0.161 e. The molecule has 1 unspecified atom stereocenters. The average molecular weight is 306 g/mol. The maximum absolute atomic E-state index is 5.61. The molecule has 0 aliphatic heterocycles. The van der Waals surface area contributed by atoms with E-state index in [1.54, 1.807) is 18.4 Å². The van der Waals surface area contributed by atoms with E-state index in [-0.39, 0.29) is 0 Å². The van der Waals surface area contributed by atoms with Crippen molar-refractivity contribution in [3.8, 4) is 11.5 Å². The molecule has 1 aromatic heterocycles. The Kier molecular flexibility index (Phi) is 6.02. The first kappa shape index (κ1) is 15.8. The van der Waals surface area contributed by atoms with Crippen LogP contribution in [0.2, 0.25) is 0 Å². The third kappa shape index (κ3) is 4.19. The van der Waals surface area contributed by atoms with Gasteiger partial charge in [0, 0.05) is 18.1 Å². The second-order valence-corrected chi connectivity index (χ2v) is 5.56. The van der Waals surface area contributed by atoms with E-state index >= 15 is 0 Å². The number of thiazole rings is 1. The minimum atomic E-state index is 0.294. The van der Waals surface area contributed by atoms with Crippen LogP contribution in [-0.2, 0) is 6.54 Å². The maximum atomic E-state index is 5.61. The van der Waals surface area contributed by atoms with Crippen LogP contribution in [0.4, 0.5) is 0 Å².